The maximum atomic E-state index is 12.6. The predicted octanol–water partition coefficient (Wildman–Crippen LogP) is 5.46. The minimum atomic E-state index is -0.244. The number of ether oxygens (including phenoxy) is 1. The number of hydrogen-bond donors (Lipinski definition) is 1. The van der Waals surface area contributed by atoms with Crippen LogP contribution >= 0.6 is 23.4 Å². The maximum Gasteiger partial charge on any atom is 0.259 e. The van der Waals surface area contributed by atoms with Gasteiger partial charge in [0.25, 0.3) is 5.91 Å². The first kappa shape index (κ1) is 18.3. The average molecular weight is 385 g/mol. The van der Waals surface area contributed by atoms with E-state index in [0.29, 0.717) is 22.0 Å². The summed E-state index contributed by atoms with van der Waals surface area (Å²) in [6, 6.07) is 16.6. The molecule has 3 aromatic rings. The minimum absolute atomic E-state index is 0.244. The van der Waals surface area contributed by atoms with Crippen LogP contribution in [0.2, 0.25) is 5.02 Å². The Hall–Kier alpha value is -2.50. The van der Waals surface area contributed by atoms with E-state index in [1.54, 1.807) is 25.4 Å². The molecular formula is C20H17ClN2O2S. The van der Waals surface area contributed by atoms with E-state index in [1.165, 1.54) is 11.8 Å². The van der Waals surface area contributed by atoms with Crippen molar-refractivity contribution in [3.8, 4) is 5.75 Å². The number of nitrogens with one attached hydrogen (secondary N) is 1. The third-order valence-electron chi connectivity index (χ3n) is 3.70. The number of aryl methyl sites for hydroxylation is 1. The summed E-state index contributed by atoms with van der Waals surface area (Å²) in [5.74, 6) is 0.324. The molecule has 0 aliphatic carbocycles. The van der Waals surface area contributed by atoms with Crippen LogP contribution in [0.25, 0.3) is 0 Å². The zero-order valence-electron chi connectivity index (χ0n) is 14.3. The van der Waals surface area contributed by atoms with Crippen LogP contribution in [0.3, 0.4) is 0 Å². The molecule has 0 aliphatic heterocycles. The molecule has 4 nitrogen and oxygen atoms in total. The van der Waals surface area contributed by atoms with Crippen molar-refractivity contribution in [1.29, 1.82) is 0 Å². The van der Waals surface area contributed by atoms with Gasteiger partial charge in [0, 0.05) is 16.8 Å². The van der Waals surface area contributed by atoms with E-state index in [-0.39, 0.29) is 5.91 Å². The molecule has 0 radical (unpaired) electrons. The molecule has 0 aliphatic rings. The lowest BCUT2D eigenvalue weighted by molar-refractivity contribution is 0.102. The Balaban J connectivity index is 1.78. The quantitative estimate of drug-likeness (QED) is 0.635. The first-order valence-corrected chi connectivity index (χ1v) is 9.11. The second-order valence-corrected chi connectivity index (χ2v) is 6.99. The number of nitrogens with zero attached hydrogens (tertiary/aromatic N) is 1. The fraction of sp³-hybridized carbons (Fsp3) is 0.100. The number of methoxy groups -OCH3 is 1. The molecule has 0 unspecified atom stereocenters. The molecule has 0 saturated carbocycles. The number of anilines is 1. The predicted molar refractivity (Wildman–Crippen MR) is 105 cm³/mol. The first-order chi connectivity index (χ1) is 12.6. The standard InChI is InChI=1S/C20H17ClN2O2S/c1-13-6-5-7-15(19(13)25-2)20(24)23-14-9-10-17(16(21)12-14)26-18-8-3-4-11-22-18/h3-12H,1-2H3,(H,23,24). The lowest BCUT2D eigenvalue weighted by atomic mass is 10.1. The molecule has 0 spiro atoms. The average Bonchev–Trinajstić information content (AvgIpc) is 2.64. The Morgan fingerprint density at radius 3 is 2.69 bits per heavy atom. The van der Waals surface area contributed by atoms with Crippen molar-refractivity contribution in [1.82, 2.24) is 4.98 Å². The molecule has 0 bridgehead atoms. The van der Waals surface area contributed by atoms with Crippen molar-refractivity contribution < 1.29 is 9.53 Å². The van der Waals surface area contributed by atoms with Crippen LogP contribution in [0.5, 0.6) is 5.75 Å². The lowest BCUT2D eigenvalue weighted by Crippen LogP contribution is -2.13. The van der Waals surface area contributed by atoms with Gasteiger partial charge in [0.1, 0.15) is 10.8 Å². The lowest BCUT2D eigenvalue weighted by Gasteiger charge is -2.12. The van der Waals surface area contributed by atoms with Crippen molar-refractivity contribution in [2.45, 2.75) is 16.8 Å². The molecule has 132 valence electrons. The zero-order chi connectivity index (χ0) is 18.5. The van der Waals surface area contributed by atoms with Gasteiger partial charge < -0.3 is 10.1 Å². The van der Waals surface area contributed by atoms with Gasteiger partial charge in [-0.25, -0.2) is 4.98 Å². The van der Waals surface area contributed by atoms with Gasteiger partial charge in [0.15, 0.2) is 0 Å². The zero-order valence-corrected chi connectivity index (χ0v) is 15.9. The van der Waals surface area contributed by atoms with Crippen molar-refractivity contribution in [3.63, 3.8) is 0 Å². The van der Waals surface area contributed by atoms with Gasteiger partial charge in [-0.3, -0.25) is 4.79 Å². The summed E-state index contributed by atoms with van der Waals surface area (Å²) in [4.78, 5) is 17.7. The van der Waals surface area contributed by atoms with E-state index in [2.05, 4.69) is 10.3 Å². The molecule has 3 rings (SSSR count). The second-order valence-electron chi connectivity index (χ2n) is 5.53. The van der Waals surface area contributed by atoms with Gasteiger partial charge in [-0.2, -0.15) is 0 Å². The fourth-order valence-electron chi connectivity index (χ4n) is 2.48. The van der Waals surface area contributed by atoms with E-state index in [0.717, 1.165) is 15.5 Å². The van der Waals surface area contributed by atoms with Crippen LogP contribution in [0.1, 0.15) is 15.9 Å². The number of aromatic nitrogens is 1. The highest BCUT2D eigenvalue weighted by molar-refractivity contribution is 7.99. The molecule has 1 aromatic heterocycles. The highest BCUT2D eigenvalue weighted by Crippen LogP contribution is 2.34. The van der Waals surface area contributed by atoms with Crippen LogP contribution < -0.4 is 10.1 Å². The van der Waals surface area contributed by atoms with Crippen molar-refractivity contribution in [2.75, 3.05) is 12.4 Å². The van der Waals surface area contributed by atoms with Crippen LogP contribution in [-0.2, 0) is 0 Å². The molecule has 1 heterocycles. The van der Waals surface area contributed by atoms with Gasteiger partial charge in [-0.15, -0.1) is 0 Å². The highest BCUT2D eigenvalue weighted by atomic mass is 35.5. The molecular weight excluding hydrogens is 368 g/mol. The Morgan fingerprint density at radius 1 is 1.15 bits per heavy atom. The minimum Gasteiger partial charge on any atom is -0.496 e. The number of hydrogen-bond acceptors (Lipinski definition) is 4. The van der Waals surface area contributed by atoms with Crippen molar-refractivity contribution in [2.24, 2.45) is 0 Å². The molecule has 26 heavy (non-hydrogen) atoms. The Labute approximate surface area is 161 Å². The summed E-state index contributed by atoms with van der Waals surface area (Å²) in [6.45, 7) is 1.90. The number of rotatable bonds is 5. The number of carbonyl (C=O) groups is 1. The molecule has 0 saturated heterocycles. The summed E-state index contributed by atoms with van der Waals surface area (Å²) in [5.41, 5.74) is 2.00. The van der Waals surface area contributed by atoms with Crippen LogP contribution in [0.4, 0.5) is 5.69 Å². The summed E-state index contributed by atoms with van der Waals surface area (Å²) >= 11 is 7.84. The monoisotopic (exact) mass is 384 g/mol. The second kappa shape index (κ2) is 8.25. The number of halogens is 1. The molecule has 0 fully saturated rings. The maximum absolute atomic E-state index is 12.6. The first-order valence-electron chi connectivity index (χ1n) is 7.92. The fourth-order valence-corrected chi connectivity index (χ4v) is 3.56. The van der Waals surface area contributed by atoms with Crippen LogP contribution in [0, 0.1) is 6.92 Å². The number of carbonyl (C=O) groups excluding carboxylic acids is 1. The van der Waals surface area contributed by atoms with Gasteiger partial charge >= 0.3 is 0 Å². The molecule has 0 atom stereocenters. The summed E-state index contributed by atoms with van der Waals surface area (Å²) in [7, 11) is 1.56. The van der Waals surface area contributed by atoms with E-state index in [9.17, 15) is 4.79 Å². The SMILES string of the molecule is COc1c(C)cccc1C(=O)Nc1ccc(Sc2ccccn2)c(Cl)c1. The number of amides is 1. The molecule has 1 N–H and O–H groups in total. The smallest absolute Gasteiger partial charge is 0.259 e. The highest BCUT2D eigenvalue weighted by Gasteiger charge is 2.15. The number of pyridine rings is 1. The third-order valence-corrected chi connectivity index (χ3v) is 5.15. The number of benzene rings is 2. The molecule has 6 heteroatoms. The Kier molecular flexibility index (Phi) is 5.81. The third kappa shape index (κ3) is 4.18. The number of para-hydroxylation sites is 1. The van der Waals surface area contributed by atoms with E-state index in [1.807, 2.05) is 49.4 Å². The van der Waals surface area contributed by atoms with Crippen LogP contribution in [-0.4, -0.2) is 18.0 Å². The van der Waals surface area contributed by atoms with E-state index in [4.69, 9.17) is 16.3 Å². The van der Waals surface area contributed by atoms with E-state index >= 15 is 0 Å². The Bertz CT molecular complexity index is 932. The Morgan fingerprint density at radius 2 is 2.00 bits per heavy atom. The summed E-state index contributed by atoms with van der Waals surface area (Å²) in [6.07, 6.45) is 1.74. The normalized spacial score (nSPS) is 10.4. The van der Waals surface area contributed by atoms with E-state index < -0.39 is 0 Å². The largest absolute Gasteiger partial charge is 0.496 e. The summed E-state index contributed by atoms with van der Waals surface area (Å²) < 4.78 is 5.35. The van der Waals surface area contributed by atoms with Crippen LogP contribution in [0.15, 0.2) is 70.7 Å². The summed E-state index contributed by atoms with van der Waals surface area (Å²) in [5, 5.41) is 4.27. The van der Waals surface area contributed by atoms with Gasteiger partial charge in [-0.1, -0.05) is 41.6 Å². The van der Waals surface area contributed by atoms with Gasteiger partial charge in [0.2, 0.25) is 0 Å². The molecule has 2 aromatic carbocycles. The van der Waals surface area contributed by atoms with Crippen molar-refractivity contribution >= 4 is 35.0 Å². The molecule has 1 amide bonds. The van der Waals surface area contributed by atoms with Gasteiger partial charge in [0.05, 0.1) is 17.7 Å². The van der Waals surface area contributed by atoms with Gasteiger partial charge in [-0.05, 0) is 48.9 Å². The van der Waals surface area contributed by atoms with Crippen molar-refractivity contribution in [3.05, 3.63) is 76.9 Å². The topological polar surface area (TPSA) is 51.2 Å².